The van der Waals surface area contributed by atoms with E-state index in [1.165, 1.54) is 12.1 Å². The zero-order valence-corrected chi connectivity index (χ0v) is 16.0. The lowest BCUT2D eigenvalue weighted by Gasteiger charge is -2.10. The van der Waals surface area contributed by atoms with Crippen molar-refractivity contribution < 1.29 is 23.5 Å². The van der Waals surface area contributed by atoms with Crippen LogP contribution in [0.5, 0.6) is 11.5 Å². The number of fused-ring (bicyclic) bond motifs is 1. The molecule has 1 aromatic heterocycles. The molecule has 1 heterocycles. The Balaban J connectivity index is 1.52. The Bertz CT molecular complexity index is 1090. The summed E-state index contributed by atoms with van der Waals surface area (Å²) < 4.78 is 15.8. The summed E-state index contributed by atoms with van der Waals surface area (Å²) in [5.41, 5.74) is 5.66. The molecule has 3 rings (SSSR count). The molecule has 8 nitrogen and oxygen atoms in total. The monoisotopic (exact) mass is 396 g/mol. The zero-order valence-electron chi connectivity index (χ0n) is 16.0. The van der Waals surface area contributed by atoms with Crippen LogP contribution in [0.3, 0.4) is 0 Å². The van der Waals surface area contributed by atoms with Crippen molar-refractivity contribution >= 4 is 22.8 Å². The summed E-state index contributed by atoms with van der Waals surface area (Å²) in [6.45, 7) is 3.88. The predicted molar refractivity (Wildman–Crippen MR) is 106 cm³/mol. The van der Waals surface area contributed by atoms with Crippen molar-refractivity contribution in [3.63, 3.8) is 0 Å². The van der Waals surface area contributed by atoms with Gasteiger partial charge in [0, 0.05) is 23.1 Å². The number of ether oxygens (including phenoxy) is 2. The van der Waals surface area contributed by atoms with Crippen LogP contribution in [0.2, 0.25) is 0 Å². The van der Waals surface area contributed by atoms with Gasteiger partial charge in [0.15, 0.2) is 6.61 Å². The summed E-state index contributed by atoms with van der Waals surface area (Å²) in [4.78, 5) is 35.5. The van der Waals surface area contributed by atoms with Gasteiger partial charge < -0.3 is 13.9 Å². The van der Waals surface area contributed by atoms with E-state index < -0.39 is 17.4 Å². The molecule has 2 N–H and O–H groups in total. The first-order chi connectivity index (χ1) is 14.0. The molecule has 29 heavy (non-hydrogen) atoms. The molecule has 0 aliphatic rings. The third kappa shape index (κ3) is 5.13. The molecule has 0 unspecified atom stereocenters. The summed E-state index contributed by atoms with van der Waals surface area (Å²) >= 11 is 0. The van der Waals surface area contributed by atoms with Crippen LogP contribution in [0.15, 0.2) is 57.7 Å². The lowest BCUT2D eigenvalue weighted by Crippen LogP contribution is -2.43. The number of carbonyl (C=O) groups is 2. The molecular weight excluding hydrogens is 376 g/mol. The van der Waals surface area contributed by atoms with Crippen LogP contribution < -0.4 is 26.0 Å². The van der Waals surface area contributed by atoms with Gasteiger partial charge in [0.25, 0.3) is 11.8 Å². The van der Waals surface area contributed by atoms with E-state index in [1.807, 2.05) is 6.92 Å². The SMILES string of the molecule is CCOc1ccc(C(=O)NNC(=O)COc2ccc3c(C)cc(=O)oc3c2)cc1. The van der Waals surface area contributed by atoms with E-state index >= 15 is 0 Å². The van der Waals surface area contributed by atoms with Gasteiger partial charge in [0.2, 0.25) is 0 Å². The molecule has 0 saturated carbocycles. The predicted octanol–water partition coefficient (Wildman–Crippen LogP) is 2.34. The van der Waals surface area contributed by atoms with E-state index in [0.717, 1.165) is 10.9 Å². The number of hydrogen-bond acceptors (Lipinski definition) is 6. The van der Waals surface area contributed by atoms with Crippen molar-refractivity contribution in [1.82, 2.24) is 10.9 Å². The first-order valence-corrected chi connectivity index (χ1v) is 8.95. The van der Waals surface area contributed by atoms with Crippen LogP contribution >= 0.6 is 0 Å². The minimum atomic E-state index is -0.546. The number of aryl methyl sites for hydroxylation is 1. The number of benzene rings is 2. The van der Waals surface area contributed by atoms with E-state index in [9.17, 15) is 14.4 Å². The van der Waals surface area contributed by atoms with Crippen molar-refractivity contribution in [3.05, 3.63) is 70.1 Å². The van der Waals surface area contributed by atoms with Gasteiger partial charge in [0.1, 0.15) is 17.1 Å². The highest BCUT2D eigenvalue weighted by Crippen LogP contribution is 2.22. The number of rotatable bonds is 6. The van der Waals surface area contributed by atoms with Crippen LogP contribution in [0.25, 0.3) is 11.0 Å². The van der Waals surface area contributed by atoms with E-state index in [1.54, 1.807) is 43.3 Å². The molecule has 0 atom stereocenters. The molecule has 8 heteroatoms. The highest BCUT2D eigenvalue weighted by atomic mass is 16.5. The molecule has 0 spiro atoms. The summed E-state index contributed by atoms with van der Waals surface area (Å²) in [5.74, 6) is 0.00145. The first kappa shape index (κ1) is 19.9. The highest BCUT2D eigenvalue weighted by Gasteiger charge is 2.09. The van der Waals surface area contributed by atoms with Crippen molar-refractivity contribution in [1.29, 1.82) is 0 Å². The van der Waals surface area contributed by atoms with Gasteiger partial charge in [-0.25, -0.2) is 4.79 Å². The molecule has 3 aromatic rings. The Morgan fingerprint density at radius 2 is 1.69 bits per heavy atom. The van der Waals surface area contributed by atoms with E-state index in [0.29, 0.717) is 29.3 Å². The largest absolute Gasteiger partial charge is 0.494 e. The molecule has 2 aromatic carbocycles. The quantitative estimate of drug-likeness (QED) is 0.489. The second-order valence-electron chi connectivity index (χ2n) is 6.15. The Labute approximate surface area is 166 Å². The van der Waals surface area contributed by atoms with Crippen LogP contribution in [0, 0.1) is 6.92 Å². The standard InChI is InChI=1S/C21H20N2O6/c1-3-27-15-6-4-14(5-7-15)21(26)23-22-19(24)12-28-16-8-9-17-13(2)10-20(25)29-18(17)11-16/h4-11H,3,12H2,1-2H3,(H,22,24)(H,23,26). The fourth-order valence-corrected chi connectivity index (χ4v) is 2.65. The van der Waals surface area contributed by atoms with Crippen LogP contribution in [-0.2, 0) is 4.79 Å². The van der Waals surface area contributed by atoms with Crippen LogP contribution in [-0.4, -0.2) is 25.0 Å². The average molecular weight is 396 g/mol. The number of amides is 2. The third-order valence-corrected chi connectivity index (χ3v) is 4.04. The Hall–Kier alpha value is -3.81. The van der Waals surface area contributed by atoms with Gasteiger partial charge in [-0.3, -0.25) is 20.4 Å². The number of hydrazine groups is 1. The van der Waals surface area contributed by atoms with Gasteiger partial charge in [-0.15, -0.1) is 0 Å². The van der Waals surface area contributed by atoms with Gasteiger partial charge in [0.05, 0.1) is 6.61 Å². The van der Waals surface area contributed by atoms with Gasteiger partial charge in [-0.05, 0) is 55.8 Å². The normalized spacial score (nSPS) is 10.4. The first-order valence-electron chi connectivity index (χ1n) is 8.95. The second-order valence-corrected chi connectivity index (χ2v) is 6.15. The average Bonchev–Trinajstić information content (AvgIpc) is 2.71. The van der Waals surface area contributed by atoms with Crippen molar-refractivity contribution in [3.8, 4) is 11.5 Å². The summed E-state index contributed by atoms with van der Waals surface area (Å²) in [6.07, 6.45) is 0. The molecular formula is C21H20N2O6. The zero-order chi connectivity index (χ0) is 20.8. The Morgan fingerprint density at radius 3 is 2.41 bits per heavy atom. The molecule has 0 saturated heterocycles. The maximum absolute atomic E-state index is 12.1. The number of nitrogens with one attached hydrogen (secondary N) is 2. The molecule has 2 amide bonds. The van der Waals surface area contributed by atoms with E-state index in [-0.39, 0.29) is 6.61 Å². The van der Waals surface area contributed by atoms with E-state index in [2.05, 4.69) is 10.9 Å². The third-order valence-electron chi connectivity index (χ3n) is 4.04. The smallest absolute Gasteiger partial charge is 0.336 e. The maximum Gasteiger partial charge on any atom is 0.336 e. The number of carbonyl (C=O) groups excluding carboxylic acids is 2. The number of hydrogen-bond donors (Lipinski definition) is 2. The fraction of sp³-hybridized carbons (Fsp3) is 0.190. The lowest BCUT2D eigenvalue weighted by atomic mass is 10.1. The Kier molecular flexibility index (Phi) is 6.13. The van der Waals surface area contributed by atoms with E-state index in [4.69, 9.17) is 13.9 Å². The highest BCUT2D eigenvalue weighted by molar-refractivity contribution is 5.95. The van der Waals surface area contributed by atoms with Gasteiger partial charge >= 0.3 is 5.63 Å². The molecule has 0 aliphatic carbocycles. The molecule has 0 bridgehead atoms. The molecule has 0 radical (unpaired) electrons. The molecule has 150 valence electrons. The summed E-state index contributed by atoms with van der Waals surface area (Å²) in [7, 11) is 0. The fourth-order valence-electron chi connectivity index (χ4n) is 2.65. The molecule has 0 aliphatic heterocycles. The minimum Gasteiger partial charge on any atom is -0.494 e. The van der Waals surface area contributed by atoms with Crippen molar-refractivity contribution in [2.45, 2.75) is 13.8 Å². The van der Waals surface area contributed by atoms with Crippen molar-refractivity contribution in [2.75, 3.05) is 13.2 Å². The van der Waals surface area contributed by atoms with Crippen LogP contribution in [0.1, 0.15) is 22.8 Å². The summed E-state index contributed by atoms with van der Waals surface area (Å²) in [6, 6.07) is 12.9. The van der Waals surface area contributed by atoms with Gasteiger partial charge in [-0.2, -0.15) is 0 Å². The second kappa shape index (κ2) is 8.92. The summed E-state index contributed by atoms with van der Waals surface area (Å²) in [5, 5.41) is 0.782. The van der Waals surface area contributed by atoms with Crippen LogP contribution in [0.4, 0.5) is 0 Å². The Morgan fingerprint density at radius 1 is 0.966 bits per heavy atom. The topological polar surface area (TPSA) is 107 Å². The van der Waals surface area contributed by atoms with Crippen molar-refractivity contribution in [2.24, 2.45) is 0 Å². The minimum absolute atomic E-state index is 0.328. The van der Waals surface area contributed by atoms with Gasteiger partial charge in [-0.1, -0.05) is 0 Å². The maximum atomic E-state index is 12.1. The lowest BCUT2D eigenvalue weighted by molar-refractivity contribution is -0.123. The molecule has 0 fully saturated rings.